The van der Waals surface area contributed by atoms with Crippen molar-refractivity contribution >= 4 is 29.0 Å². The van der Waals surface area contributed by atoms with Crippen molar-refractivity contribution in [3.63, 3.8) is 0 Å². The van der Waals surface area contributed by atoms with Crippen molar-refractivity contribution in [1.82, 2.24) is 15.0 Å². The first-order valence-corrected chi connectivity index (χ1v) is 10.1. The first-order chi connectivity index (χ1) is 11.3. The van der Waals surface area contributed by atoms with E-state index in [1.165, 1.54) is 17.7 Å². The van der Waals surface area contributed by atoms with E-state index in [1.54, 1.807) is 23.1 Å². The Morgan fingerprint density at radius 3 is 3.13 bits per heavy atom. The van der Waals surface area contributed by atoms with Gasteiger partial charge >= 0.3 is 0 Å². The molecule has 1 amide bonds. The maximum atomic E-state index is 12.5. The maximum Gasteiger partial charge on any atom is 0.236 e. The highest BCUT2D eigenvalue weighted by atomic mass is 32.2. The minimum Gasteiger partial charge on any atom is -0.338 e. The highest BCUT2D eigenvalue weighted by Gasteiger charge is 2.31. The molecule has 0 bridgehead atoms. The van der Waals surface area contributed by atoms with Gasteiger partial charge in [0.05, 0.1) is 17.5 Å². The molecule has 1 aliphatic carbocycles. The molecule has 5 nitrogen and oxygen atoms in total. The Balaban J connectivity index is 1.29. The van der Waals surface area contributed by atoms with E-state index < -0.39 is 0 Å². The van der Waals surface area contributed by atoms with Gasteiger partial charge in [-0.1, -0.05) is 11.2 Å². The van der Waals surface area contributed by atoms with Gasteiger partial charge in [0.2, 0.25) is 11.8 Å². The van der Waals surface area contributed by atoms with Crippen LogP contribution in [0.4, 0.5) is 0 Å². The van der Waals surface area contributed by atoms with Crippen LogP contribution in [0, 0.1) is 0 Å². The fraction of sp³-hybridized carbons (Fsp3) is 0.562. The van der Waals surface area contributed by atoms with Crippen LogP contribution >= 0.6 is 23.1 Å². The molecule has 2 aromatic rings. The molecule has 1 aliphatic heterocycles. The SMILES string of the molecule is O=C(CSCc1nc(C2CC2)no1)N1CCC[C@@H]1c1cccs1. The van der Waals surface area contributed by atoms with Crippen LogP contribution in [0.25, 0.3) is 0 Å². The number of thioether (sulfide) groups is 1. The van der Waals surface area contributed by atoms with Gasteiger partial charge < -0.3 is 9.42 Å². The third-order valence-electron chi connectivity index (χ3n) is 4.32. The van der Waals surface area contributed by atoms with Gasteiger partial charge in [-0.15, -0.1) is 23.1 Å². The van der Waals surface area contributed by atoms with Crippen LogP contribution in [0.1, 0.15) is 54.2 Å². The van der Waals surface area contributed by atoms with Crippen LogP contribution < -0.4 is 0 Å². The molecule has 0 aromatic carbocycles. The summed E-state index contributed by atoms with van der Waals surface area (Å²) in [6.07, 6.45) is 4.51. The first-order valence-electron chi connectivity index (χ1n) is 8.04. The van der Waals surface area contributed by atoms with Gasteiger partial charge in [0, 0.05) is 17.3 Å². The van der Waals surface area contributed by atoms with Crippen molar-refractivity contribution in [1.29, 1.82) is 0 Å². The first kappa shape index (κ1) is 15.2. The Morgan fingerprint density at radius 2 is 2.35 bits per heavy atom. The summed E-state index contributed by atoms with van der Waals surface area (Å²) in [5.74, 6) is 3.29. The number of nitrogens with zero attached hydrogens (tertiary/aromatic N) is 3. The fourth-order valence-electron chi connectivity index (χ4n) is 2.98. The lowest BCUT2D eigenvalue weighted by molar-refractivity contribution is -0.129. The summed E-state index contributed by atoms with van der Waals surface area (Å²) < 4.78 is 5.25. The Kier molecular flexibility index (Phi) is 4.39. The Morgan fingerprint density at radius 1 is 1.43 bits per heavy atom. The fourth-order valence-corrected chi connectivity index (χ4v) is 4.59. The van der Waals surface area contributed by atoms with Crippen molar-refractivity contribution in [2.45, 2.75) is 43.4 Å². The standard InChI is InChI=1S/C16H19N3O2S2/c20-15(19-7-1-3-12(19)13-4-2-8-23-13)10-22-9-14-17-16(18-21-14)11-5-6-11/h2,4,8,11-12H,1,3,5-7,9-10H2/t12-/m1/s1. The number of hydrogen-bond donors (Lipinski definition) is 0. The van der Waals surface area contributed by atoms with E-state index in [1.807, 2.05) is 4.90 Å². The summed E-state index contributed by atoms with van der Waals surface area (Å²) in [6.45, 7) is 0.869. The average molecular weight is 349 g/mol. The highest BCUT2D eigenvalue weighted by Crippen LogP contribution is 2.38. The highest BCUT2D eigenvalue weighted by molar-refractivity contribution is 7.99. The maximum absolute atomic E-state index is 12.5. The Hall–Kier alpha value is -1.34. The molecule has 2 aromatic heterocycles. The van der Waals surface area contributed by atoms with Gasteiger partial charge in [0.1, 0.15) is 0 Å². The lowest BCUT2D eigenvalue weighted by atomic mass is 10.2. The molecular weight excluding hydrogens is 330 g/mol. The van der Waals surface area contributed by atoms with Gasteiger partial charge in [-0.3, -0.25) is 4.79 Å². The molecule has 0 radical (unpaired) electrons. The van der Waals surface area contributed by atoms with Gasteiger partial charge in [0.25, 0.3) is 0 Å². The number of carbonyl (C=O) groups excluding carboxylic acids is 1. The van der Waals surface area contributed by atoms with Crippen LogP contribution in [-0.2, 0) is 10.5 Å². The normalized spacial score (nSPS) is 21.0. The third-order valence-corrected chi connectivity index (χ3v) is 6.20. The largest absolute Gasteiger partial charge is 0.338 e. The molecule has 1 atom stereocenters. The lowest BCUT2D eigenvalue weighted by Crippen LogP contribution is -2.31. The van der Waals surface area contributed by atoms with Crippen LogP contribution in [0.5, 0.6) is 0 Å². The van der Waals surface area contributed by atoms with Crippen molar-refractivity contribution < 1.29 is 9.32 Å². The molecule has 1 saturated heterocycles. The second-order valence-electron chi connectivity index (χ2n) is 6.07. The summed E-state index contributed by atoms with van der Waals surface area (Å²) >= 11 is 3.30. The van der Waals surface area contributed by atoms with E-state index in [2.05, 4.69) is 27.7 Å². The predicted octanol–water partition coefficient (Wildman–Crippen LogP) is 3.61. The van der Waals surface area contributed by atoms with Gasteiger partial charge in [0.15, 0.2) is 5.82 Å². The van der Waals surface area contributed by atoms with Crippen LogP contribution in [0.2, 0.25) is 0 Å². The second kappa shape index (κ2) is 6.65. The molecule has 7 heteroatoms. The molecule has 0 N–H and O–H groups in total. The van der Waals surface area contributed by atoms with Crippen LogP contribution in [0.3, 0.4) is 0 Å². The zero-order chi connectivity index (χ0) is 15.6. The van der Waals surface area contributed by atoms with Gasteiger partial charge in [-0.2, -0.15) is 4.98 Å². The van der Waals surface area contributed by atoms with Crippen molar-refractivity contribution in [2.75, 3.05) is 12.3 Å². The number of aromatic nitrogens is 2. The quantitative estimate of drug-likeness (QED) is 0.797. The molecule has 2 aliphatic rings. The second-order valence-corrected chi connectivity index (χ2v) is 8.04. The summed E-state index contributed by atoms with van der Waals surface area (Å²) in [4.78, 5) is 20.2. The minimum absolute atomic E-state index is 0.216. The molecule has 2 fully saturated rings. The van der Waals surface area contributed by atoms with E-state index in [9.17, 15) is 4.79 Å². The van der Waals surface area contributed by atoms with Crippen molar-refractivity contribution in [2.24, 2.45) is 0 Å². The zero-order valence-corrected chi connectivity index (χ0v) is 14.4. The molecule has 3 heterocycles. The predicted molar refractivity (Wildman–Crippen MR) is 90.4 cm³/mol. The molecule has 23 heavy (non-hydrogen) atoms. The van der Waals surface area contributed by atoms with Crippen molar-refractivity contribution in [3.8, 4) is 0 Å². The molecule has 122 valence electrons. The molecule has 1 saturated carbocycles. The summed E-state index contributed by atoms with van der Waals surface area (Å²) in [5.41, 5.74) is 0. The van der Waals surface area contributed by atoms with E-state index in [4.69, 9.17) is 4.52 Å². The van der Waals surface area contributed by atoms with Gasteiger partial charge in [-0.05, 0) is 37.1 Å². The average Bonchev–Trinajstić information content (AvgIpc) is 3.02. The number of hydrogen-bond acceptors (Lipinski definition) is 6. The lowest BCUT2D eigenvalue weighted by Gasteiger charge is -2.23. The van der Waals surface area contributed by atoms with Gasteiger partial charge in [-0.25, -0.2) is 0 Å². The Bertz CT molecular complexity index is 667. The number of thiophene rings is 1. The van der Waals surface area contributed by atoms with E-state index in [0.717, 1.165) is 25.2 Å². The summed E-state index contributed by atoms with van der Waals surface area (Å²) in [6, 6.07) is 4.46. The molecule has 0 unspecified atom stereocenters. The number of carbonyl (C=O) groups is 1. The molecular formula is C16H19N3O2S2. The number of rotatable bonds is 6. The molecule has 4 rings (SSSR count). The monoisotopic (exact) mass is 349 g/mol. The van der Waals surface area contributed by atoms with E-state index in [0.29, 0.717) is 23.3 Å². The van der Waals surface area contributed by atoms with Crippen molar-refractivity contribution in [3.05, 3.63) is 34.1 Å². The smallest absolute Gasteiger partial charge is 0.236 e. The van der Waals surface area contributed by atoms with E-state index in [-0.39, 0.29) is 11.9 Å². The number of amides is 1. The zero-order valence-electron chi connectivity index (χ0n) is 12.8. The summed E-state index contributed by atoms with van der Waals surface area (Å²) in [7, 11) is 0. The third kappa shape index (κ3) is 3.45. The summed E-state index contributed by atoms with van der Waals surface area (Å²) in [5, 5.41) is 6.09. The number of likely N-dealkylation sites (tertiary alicyclic amines) is 1. The topological polar surface area (TPSA) is 59.2 Å². The van der Waals surface area contributed by atoms with Crippen LogP contribution in [-0.4, -0.2) is 33.2 Å². The molecule has 0 spiro atoms. The van der Waals surface area contributed by atoms with Crippen LogP contribution in [0.15, 0.2) is 22.0 Å². The Labute approximate surface area is 143 Å². The van der Waals surface area contributed by atoms with E-state index >= 15 is 0 Å². The minimum atomic E-state index is 0.216.